The highest BCUT2D eigenvalue weighted by Gasteiger charge is 2.13. The fraction of sp³-hybridized carbons (Fsp3) is 0.176. The SMILES string of the molecule is COc1ccc2cccc(CC(O)c3ccc(Cl)s3)c2c1. The fourth-order valence-corrected chi connectivity index (χ4v) is 3.48. The van der Waals surface area contributed by atoms with E-state index in [9.17, 15) is 5.11 Å². The van der Waals surface area contributed by atoms with Crippen LogP contribution in [-0.2, 0) is 6.42 Å². The molecule has 21 heavy (non-hydrogen) atoms. The Bertz CT molecular complexity index is 766. The maximum atomic E-state index is 10.4. The van der Waals surface area contributed by atoms with Crippen LogP contribution in [0, 0.1) is 0 Å². The summed E-state index contributed by atoms with van der Waals surface area (Å²) in [5.41, 5.74) is 1.10. The number of aliphatic hydroxyl groups excluding tert-OH is 1. The van der Waals surface area contributed by atoms with Crippen molar-refractivity contribution in [2.45, 2.75) is 12.5 Å². The number of rotatable bonds is 4. The summed E-state index contributed by atoms with van der Waals surface area (Å²) in [7, 11) is 1.66. The van der Waals surface area contributed by atoms with Gasteiger partial charge in [-0.3, -0.25) is 0 Å². The molecule has 3 rings (SSSR count). The predicted octanol–water partition coefficient (Wildman–Crippen LogP) is 4.84. The molecular weight excluding hydrogens is 304 g/mol. The van der Waals surface area contributed by atoms with Crippen LogP contribution in [0.25, 0.3) is 10.8 Å². The first-order chi connectivity index (χ1) is 10.2. The lowest BCUT2D eigenvalue weighted by Crippen LogP contribution is -2.00. The van der Waals surface area contributed by atoms with Gasteiger partial charge >= 0.3 is 0 Å². The van der Waals surface area contributed by atoms with Crippen LogP contribution in [0.15, 0.2) is 48.5 Å². The van der Waals surface area contributed by atoms with E-state index in [1.54, 1.807) is 7.11 Å². The van der Waals surface area contributed by atoms with Crippen molar-refractivity contribution in [3.05, 3.63) is 63.3 Å². The van der Waals surface area contributed by atoms with Crippen molar-refractivity contribution < 1.29 is 9.84 Å². The number of thiophene rings is 1. The molecule has 0 saturated carbocycles. The lowest BCUT2D eigenvalue weighted by Gasteiger charge is -2.12. The summed E-state index contributed by atoms with van der Waals surface area (Å²) >= 11 is 7.35. The Kier molecular flexibility index (Phi) is 4.15. The smallest absolute Gasteiger partial charge is 0.119 e. The zero-order chi connectivity index (χ0) is 14.8. The quantitative estimate of drug-likeness (QED) is 0.746. The molecule has 0 amide bonds. The Labute approximate surface area is 132 Å². The van der Waals surface area contributed by atoms with Crippen LogP contribution >= 0.6 is 22.9 Å². The summed E-state index contributed by atoms with van der Waals surface area (Å²) in [5, 5.41) is 12.6. The third-order valence-corrected chi connectivity index (χ3v) is 4.85. The van der Waals surface area contributed by atoms with Gasteiger partial charge < -0.3 is 9.84 Å². The minimum atomic E-state index is -0.542. The van der Waals surface area contributed by atoms with E-state index >= 15 is 0 Å². The van der Waals surface area contributed by atoms with Gasteiger partial charge in [-0.2, -0.15) is 0 Å². The van der Waals surface area contributed by atoms with Gasteiger partial charge in [0.15, 0.2) is 0 Å². The highest BCUT2D eigenvalue weighted by atomic mass is 35.5. The molecule has 4 heteroatoms. The minimum absolute atomic E-state index is 0.542. The van der Waals surface area contributed by atoms with Crippen LogP contribution in [-0.4, -0.2) is 12.2 Å². The zero-order valence-corrected chi connectivity index (χ0v) is 13.1. The normalized spacial score (nSPS) is 12.5. The minimum Gasteiger partial charge on any atom is -0.497 e. The van der Waals surface area contributed by atoms with Crippen LogP contribution in [0.4, 0.5) is 0 Å². The van der Waals surface area contributed by atoms with E-state index in [4.69, 9.17) is 16.3 Å². The second kappa shape index (κ2) is 6.06. The molecule has 0 bridgehead atoms. The number of ether oxygens (including phenoxy) is 1. The Morgan fingerprint density at radius 1 is 1.19 bits per heavy atom. The van der Waals surface area contributed by atoms with Gasteiger partial charge in [-0.15, -0.1) is 11.3 Å². The zero-order valence-electron chi connectivity index (χ0n) is 11.5. The highest BCUT2D eigenvalue weighted by molar-refractivity contribution is 7.16. The van der Waals surface area contributed by atoms with Gasteiger partial charge in [0.25, 0.3) is 0 Å². The molecule has 1 N–H and O–H groups in total. The summed E-state index contributed by atoms with van der Waals surface area (Å²) in [5.74, 6) is 0.823. The molecule has 0 aliphatic rings. The maximum absolute atomic E-state index is 10.4. The average Bonchev–Trinajstić information content (AvgIpc) is 2.94. The van der Waals surface area contributed by atoms with Gasteiger partial charge in [0, 0.05) is 11.3 Å². The van der Waals surface area contributed by atoms with Crippen molar-refractivity contribution in [1.82, 2.24) is 0 Å². The number of hydrogen-bond donors (Lipinski definition) is 1. The molecule has 0 aliphatic carbocycles. The summed E-state index contributed by atoms with van der Waals surface area (Å²) in [6.45, 7) is 0. The molecule has 0 saturated heterocycles. The molecule has 1 unspecified atom stereocenters. The van der Waals surface area contributed by atoms with Crippen LogP contribution in [0.3, 0.4) is 0 Å². The second-order valence-corrected chi connectivity index (χ2v) is 6.61. The van der Waals surface area contributed by atoms with Crippen LogP contribution in [0.1, 0.15) is 16.5 Å². The number of halogens is 1. The molecule has 0 fully saturated rings. The number of hydrogen-bond acceptors (Lipinski definition) is 3. The van der Waals surface area contributed by atoms with E-state index in [0.29, 0.717) is 10.8 Å². The molecule has 108 valence electrons. The topological polar surface area (TPSA) is 29.5 Å². The van der Waals surface area contributed by atoms with Crippen molar-refractivity contribution in [3.63, 3.8) is 0 Å². The standard InChI is InChI=1S/C17H15ClO2S/c1-20-13-6-5-11-3-2-4-12(14(11)10-13)9-15(19)16-7-8-17(18)21-16/h2-8,10,15,19H,9H2,1H3. The molecule has 0 spiro atoms. The molecule has 1 atom stereocenters. The van der Waals surface area contributed by atoms with Crippen LogP contribution in [0.2, 0.25) is 4.34 Å². The number of fused-ring (bicyclic) bond motifs is 1. The van der Waals surface area contributed by atoms with Crippen molar-refractivity contribution >= 4 is 33.7 Å². The van der Waals surface area contributed by atoms with Gasteiger partial charge in [0.05, 0.1) is 17.6 Å². The maximum Gasteiger partial charge on any atom is 0.119 e. The van der Waals surface area contributed by atoms with E-state index < -0.39 is 6.10 Å². The third-order valence-electron chi connectivity index (χ3n) is 3.52. The summed E-state index contributed by atoms with van der Waals surface area (Å²) in [6.07, 6.45) is 0.0146. The molecular formula is C17H15ClO2S. The second-order valence-electron chi connectivity index (χ2n) is 4.87. The predicted molar refractivity (Wildman–Crippen MR) is 88.5 cm³/mol. The Balaban J connectivity index is 1.96. The first kappa shape index (κ1) is 14.4. The van der Waals surface area contributed by atoms with Crippen LogP contribution < -0.4 is 4.74 Å². The van der Waals surface area contributed by atoms with Gasteiger partial charge in [0.2, 0.25) is 0 Å². The number of methoxy groups -OCH3 is 1. The van der Waals surface area contributed by atoms with Crippen molar-refractivity contribution in [3.8, 4) is 5.75 Å². The molecule has 2 aromatic carbocycles. The molecule has 2 nitrogen and oxygen atoms in total. The van der Waals surface area contributed by atoms with Crippen molar-refractivity contribution in [2.24, 2.45) is 0 Å². The van der Waals surface area contributed by atoms with Gasteiger partial charge in [-0.05, 0) is 40.6 Å². The average molecular weight is 319 g/mol. The molecule has 0 radical (unpaired) electrons. The lowest BCUT2D eigenvalue weighted by molar-refractivity contribution is 0.182. The largest absolute Gasteiger partial charge is 0.497 e. The van der Waals surface area contributed by atoms with Crippen molar-refractivity contribution in [1.29, 1.82) is 0 Å². The summed E-state index contributed by atoms with van der Waals surface area (Å²) in [6, 6.07) is 15.8. The van der Waals surface area contributed by atoms with Gasteiger partial charge in [-0.25, -0.2) is 0 Å². The van der Waals surface area contributed by atoms with Crippen molar-refractivity contribution in [2.75, 3.05) is 7.11 Å². The van der Waals surface area contributed by atoms with E-state index in [1.807, 2.05) is 42.5 Å². The van der Waals surface area contributed by atoms with E-state index in [2.05, 4.69) is 6.07 Å². The van der Waals surface area contributed by atoms with E-state index in [1.165, 1.54) is 11.3 Å². The Morgan fingerprint density at radius 2 is 2.05 bits per heavy atom. The van der Waals surface area contributed by atoms with E-state index in [0.717, 1.165) is 27.0 Å². The first-order valence-electron chi connectivity index (χ1n) is 6.66. The van der Waals surface area contributed by atoms with Gasteiger partial charge in [-0.1, -0.05) is 35.9 Å². The van der Waals surface area contributed by atoms with Gasteiger partial charge in [0.1, 0.15) is 5.75 Å². The Hall–Kier alpha value is -1.55. The molecule has 1 aromatic heterocycles. The van der Waals surface area contributed by atoms with E-state index in [-0.39, 0.29) is 0 Å². The molecule has 0 aliphatic heterocycles. The molecule has 3 aromatic rings. The Morgan fingerprint density at radius 3 is 2.76 bits per heavy atom. The monoisotopic (exact) mass is 318 g/mol. The molecule has 1 heterocycles. The lowest BCUT2D eigenvalue weighted by atomic mass is 9.99. The highest BCUT2D eigenvalue weighted by Crippen LogP contribution is 2.31. The number of aliphatic hydroxyl groups is 1. The number of benzene rings is 2. The summed E-state index contributed by atoms with van der Waals surface area (Å²) in [4.78, 5) is 0.889. The summed E-state index contributed by atoms with van der Waals surface area (Å²) < 4.78 is 5.99. The third kappa shape index (κ3) is 3.05. The fourth-order valence-electron chi connectivity index (χ4n) is 2.44. The first-order valence-corrected chi connectivity index (χ1v) is 7.86. The van der Waals surface area contributed by atoms with Crippen LogP contribution in [0.5, 0.6) is 5.75 Å².